The molecule has 1 N–H and O–H groups in total. The highest BCUT2D eigenvalue weighted by molar-refractivity contribution is 5.37. The number of aliphatic hydroxyl groups is 1. The van der Waals surface area contributed by atoms with Crippen LogP contribution in [0.3, 0.4) is 0 Å². The summed E-state index contributed by atoms with van der Waals surface area (Å²) in [6.07, 6.45) is 4.93. The van der Waals surface area contributed by atoms with Gasteiger partial charge in [-0.3, -0.25) is 0 Å². The van der Waals surface area contributed by atoms with E-state index in [1.54, 1.807) is 12.2 Å². The summed E-state index contributed by atoms with van der Waals surface area (Å²) in [4.78, 5) is 0. The van der Waals surface area contributed by atoms with Crippen LogP contribution in [0.2, 0.25) is 0 Å². The minimum atomic E-state index is -0.599. The van der Waals surface area contributed by atoms with Gasteiger partial charge in [-0.2, -0.15) is 0 Å². The monoisotopic (exact) mass is 230 g/mol. The Kier molecular flexibility index (Phi) is 3.34. The van der Waals surface area contributed by atoms with Crippen LogP contribution in [0.5, 0.6) is 5.75 Å². The van der Waals surface area contributed by atoms with E-state index in [1.807, 2.05) is 24.3 Å². The van der Waals surface area contributed by atoms with Crippen LogP contribution in [0.25, 0.3) is 0 Å². The molecule has 0 saturated carbocycles. The Balaban J connectivity index is 2.36. The van der Waals surface area contributed by atoms with Gasteiger partial charge in [-0.25, -0.2) is 0 Å². The van der Waals surface area contributed by atoms with E-state index in [0.29, 0.717) is 19.3 Å². The van der Waals surface area contributed by atoms with Crippen LogP contribution >= 0.6 is 0 Å². The van der Waals surface area contributed by atoms with E-state index in [0.717, 1.165) is 11.3 Å². The zero-order valence-corrected chi connectivity index (χ0v) is 9.93. The first-order valence-electron chi connectivity index (χ1n) is 5.88. The molecule has 1 unspecified atom stereocenters. The second-order valence-corrected chi connectivity index (χ2v) is 4.48. The van der Waals surface area contributed by atoms with E-state index in [9.17, 15) is 5.11 Å². The van der Waals surface area contributed by atoms with Crippen LogP contribution in [-0.4, -0.2) is 16.8 Å². The minimum Gasteiger partial charge on any atom is -0.484 e. The fraction of sp³-hybridized carbons (Fsp3) is 0.333. The molecule has 1 aliphatic rings. The summed E-state index contributed by atoms with van der Waals surface area (Å²) in [5.41, 5.74) is 0.460. The maximum Gasteiger partial charge on any atom is 0.142 e. The van der Waals surface area contributed by atoms with E-state index in [-0.39, 0.29) is 0 Å². The lowest BCUT2D eigenvalue weighted by atomic mass is 9.83. The van der Waals surface area contributed by atoms with E-state index in [2.05, 4.69) is 13.2 Å². The summed E-state index contributed by atoms with van der Waals surface area (Å²) in [5.74, 6) is 0.863. The van der Waals surface area contributed by atoms with Gasteiger partial charge in [-0.15, -0.1) is 13.2 Å². The number of fused-ring (bicyclic) bond motifs is 1. The second kappa shape index (κ2) is 4.76. The fourth-order valence-corrected chi connectivity index (χ4v) is 2.38. The van der Waals surface area contributed by atoms with Crippen LogP contribution in [0.4, 0.5) is 0 Å². The van der Waals surface area contributed by atoms with Crippen LogP contribution < -0.4 is 4.74 Å². The van der Waals surface area contributed by atoms with E-state index < -0.39 is 11.7 Å². The number of benzene rings is 1. The largest absolute Gasteiger partial charge is 0.484 e. The predicted molar refractivity (Wildman–Crippen MR) is 69.1 cm³/mol. The zero-order valence-electron chi connectivity index (χ0n) is 9.93. The first kappa shape index (κ1) is 11.9. The van der Waals surface area contributed by atoms with Gasteiger partial charge in [0.05, 0.1) is 6.10 Å². The molecule has 2 rings (SSSR count). The van der Waals surface area contributed by atoms with E-state index >= 15 is 0 Å². The van der Waals surface area contributed by atoms with Gasteiger partial charge in [0, 0.05) is 19.3 Å². The molecule has 90 valence electrons. The molecule has 2 nitrogen and oxygen atoms in total. The summed E-state index contributed by atoms with van der Waals surface area (Å²) in [6, 6.07) is 7.85. The maximum atomic E-state index is 10.3. The highest BCUT2D eigenvalue weighted by Gasteiger charge is 2.41. The minimum absolute atomic E-state index is 0.520. The lowest BCUT2D eigenvalue weighted by molar-refractivity contribution is -0.0629. The molecular weight excluding hydrogens is 212 g/mol. The van der Waals surface area contributed by atoms with Crippen molar-refractivity contribution in [2.75, 3.05) is 0 Å². The third kappa shape index (κ3) is 2.13. The summed E-state index contributed by atoms with van der Waals surface area (Å²) in [5, 5.41) is 10.3. The van der Waals surface area contributed by atoms with Gasteiger partial charge < -0.3 is 9.84 Å². The average molecular weight is 230 g/mol. The average Bonchev–Trinajstić information content (AvgIpc) is 2.31. The van der Waals surface area contributed by atoms with Crippen molar-refractivity contribution in [1.29, 1.82) is 0 Å². The molecule has 0 fully saturated rings. The molecule has 0 aliphatic carbocycles. The first-order chi connectivity index (χ1) is 8.22. The molecule has 0 spiro atoms. The highest BCUT2D eigenvalue weighted by atomic mass is 16.5. The van der Waals surface area contributed by atoms with Crippen molar-refractivity contribution in [3.8, 4) is 5.75 Å². The molecule has 0 bridgehead atoms. The van der Waals surface area contributed by atoms with Gasteiger partial charge in [0.15, 0.2) is 0 Å². The van der Waals surface area contributed by atoms with Gasteiger partial charge in [-0.05, 0) is 11.6 Å². The van der Waals surface area contributed by atoms with E-state index in [1.165, 1.54) is 0 Å². The first-order valence-corrected chi connectivity index (χ1v) is 5.88. The number of hydrogen-bond acceptors (Lipinski definition) is 2. The molecule has 0 saturated heterocycles. The second-order valence-electron chi connectivity index (χ2n) is 4.48. The third-order valence-corrected chi connectivity index (χ3v) is 3.29. The Labute approximate surface area is 102 Å². The molecule has 17 heavy (non-hydrogen) atoms. The molecule has 0 amide bonds. The number of para-hydroxylation sites is 1. The number of ether oxygens (including phenoxy) is 1. The van der Waals surface area contributed by atoms with Crippen LogP contribution in [-0.2, 0) is 6.42 Å². The molecule has 2 heteroatoms. The van der Waals surface area contributed by atoms with Crippen molar-refractivity contribution < 1.29 is 9.84 Å². The maximum absolute atomic E-state index is 10.3. The molecule has 0 aromatic heterocycles. The molecule has 1 atom stereocenters. The van der Waals surface area contributed by atoms with Crippen molar-refractivity contribution in [3.05, 3.63) is 55.1 Å². The smallest absolute Gasteiger partial charge is 0.142 e. The SMILES string of the molecule is C=CCC1(CC=C)Oc2ccccc2CC1O. The molecular formula is C15H18O2. The van der Waals surface area contributed by atoms with Crippen molar-refractivity contribution in [2.24, 2.45) is 0 Å². The lowest BCUT2D eigenvalue weighted by Gasteiger charge is -2.41. The molecule has 1 aliphatic heterocycles. The number of hydrogen-bond donors (Lipinski definition) is 1. The van der Waals surface area contributed by atoms with Crippen molar-refractivity contribution in [3.63, 3.8) is 0 Å². The summed E-state index contributed by atoms with van der Waals surface area (Å²) in [7, 11) is 0. The molecule has 1 aromatic rings. The summed E-state index contributed by atoms with van der Waals surface area (Å²) < 4.78 is 6.02. The van der Waals surface area contributed by atoms with Gasteiger partial charge in [0.25, 0.3) is 0 Å². The van der Waals surface area contributed by atoms with Gasteiger partial charge in [-0.1, -0.05) is 30.4 Å². The normalized spacial score (nSPS) is 21.1. The van der Waals surface area contributed by atoms with Gasteiger partial charge in [0.2, 0.25) is 0 Å². The van der Waals surface area contributed by atoms with Crippen LogP contribution in [0, 0.1) is 0 Å². The predicted octanol–water partition coefficient (Wildman–Crippen LogP) is 2.87. The Hall–Kier alpha value is -1.54. The number of aliphatic hydroxyl groups excluding tert-OH is 1. The molecule has 0 radical (unpaired) electrons. The highest BCUT2D eigenvalue weighted by Crippen LogP contribution is 2.37. The topological polar surface area (TPSA) is 29.5 Å². The van der Waals surface area contributed by atoms with Crippen molar-refractivity contribution in [1.82, 2.24) is 0 Å². The van der Waals surface area contributed by atoms with E-state index in [4.69, 9.17) is 4.74 Å². The van der Waals surface area contributed by atoms with Crippen molar-refractivity contribution in [2.45, 2.75) is 31.0 Å². The lowest BCUT2D eigenvalue weighted by Crippen LogP contribution is -2.50. The Morgan fingerprint density at radius 2 is 1.94 bits per heavy atom. The third-order valence-electron chi connectivity index (χ3n) is 3.29. The Morgan fingerprint density at radius 1 is 1.29 bits per heavy atom. The summed E-state index contributed by atoms with van der Waals surface area (Å²) in [6.45, 7) is 7.49. The number of rotatable bonds is 4. The molecule has 1 heterocycles. The fourth-order valence-electron chi connectivity index (χ4n) is 2.38. The Bertz CT molecular complexity index is 413. The Morgan fingerprint density at radius 3 is 2.59 bits per heavy atom. The molecule has 1 aromatic carbocycles. The van der Waals surface area contributed by atoms with Crippen LogP contribution in [0.15, 0.2) is 49.6 Å². The quantitative estimate of drug-likeness (QED) is 0.806. The summed E-state index contributed by atoms with van der Waals surface area (Å²) >= 11 is 0. The zero-order chi connectivity index (χ0) is 12.3. The van der Waals surface area contributed by atoms with Gasteiger partial charge >= 0.3 is 0 Å². The van der Waals surface area contributed by atoms with Crippen LogP contribution in [0.1, 0.15) is 18.4 Å². The standard InChI is InChI=1S/C15H18O2/c1-3-9-15(10-4-2)14(16)11-12-7-5-6-8-13(12)17-15/h3-8,14,16H,1-2,9-11H2. The van der Waals surface area contributed by atoms with Gasteiger partial charge in [0.1, 0.15) is 11.4 Å². The van der Waals surface area contributed by atoms with Crippen molar-refractivity contribution >= 4 is 0 Å².